The molecule has 2 aromatic rings. The fourth-order valence-corrected chi connectivity index (χ4v) is 1.48. The summed E-state index contributed by atoms with van der Waals surface area (Å²) in [6.07, 6.45) is 1.62. The van der Waals surface area contributed by atoms with E-state index in [1.807, 2.05) is 6.92 Å². The third kappa shape index (κ3) is 2.04. The minimum Gasteiger partial charge on any atom is -0.394 e. The highest BCUT2D eigenvalue weighted by molar-refractivity contribution is 5.90. The van der Waals surface area contributed by atoms with Crippen LogP contribution in [0.2, 0.25) is 0 Å². The van der Waals surface area contributed by atoms with Crippen LogP contribution in [0.4, 0.5) is 0 Å². The van der Waals surface area contributed by atoms with Crippen LogP contribution in [0.5, 0.6) is 0 Å². The van der Waals surface area contributed by atoms with Crippen molar-refractivity contribution in [2.45, 2.75) is 19.9 Å². The largest absolute Gasteiger partial charge is 0.394 e. The molecule has 2 heterocycles. The van der Waals surface area contributed by atoms with Gasteiger partial charge in [-0.2, -0.15) is 4.98 Å². The lowest BCUT2D eigenvalue weighted by molar-refractivity contribution is 0.0670. The van der Waals surface area contributed by atoms with Crippen molar-refractivity contribution in [2.24, 2.45) is 0 Å². The summed E-state index contributed by atoms with van der Waals surface area (Å²) in [5, 5.41) is 13.2. The van der Waals surface area contributed by atoms with Crippen LogP contribution in [0.3, 0.4) is 0 Å². The molecule has 0 bridgehead atoms. The molecule has 0 fully saturated rings. The Morgan fingerprint density at radius 3 is 2.94 bits per heavy atom. The summed E-state index contributed by atoms with van der Waals surface area (Å²) in [6, 6.07) is 1.51. The minimum atomic E-state index is -0.332. The Morgan fingerprint density at radius 1 is 1.61 bits per heavy atom. The number of aryl methyl sites for hydroxylation is 1. The number of rotatable bonds is 3. The standard InChI is InChI=1S/C11H15N5O2/c1-7-4-5-12-11-13-9(14-16(7)11)10(18)15(3)8(2)6-17/h4-5,8,17H,6H2,1-3H3. The molecule has 1 N–H and O–H groups in total. The molecule has 1 amide bonds. The number of aliphatic hydroxyl groups excluding tert-OH is 1. The maximum Gasteiger partial charge on any atom is 0.293 e. The summed E-state index contributed by atoms with van der Waals surface area (Å²) in [6.45, 7) is 3.50. The van der Waals surface area contributed by atoms with E-state index in [0.717, 1.165) is 5.69 Å². The van der Waals surface area contributed by atoms with Crippen LogP contribution in [-0.2, 0) is 0 Å². The molecule has 2 rings (SSSR count). The molecule has 0 spiro atoms. The molecule has 1 atom stereocenters. The van der Waals surface area contributed by atoms with E-state index in [4.69, 9.17) is 5.11 Å². The zero-order chi connectivity index (χ0) is 13.3. The van der Waals surface area contributed by atoms with Crippen molar-refractivity contribution in [1.29, 1.82) is 0 Å². The quantitative estimate of drug-likeness (QED) is 0.820. The van der Waals surface area contributed by atoms with Gasteiger partial charge in [0, 0.05) is 18.9 Å². The lowest BCUT2D eigenvalue weighted by Gasteiger charge is -2.21. The van der Waals surface area contributed by atoms with Gasteiger partial charge in [-0.05, 0) is 19.9 Å². The Balaban J connectivity index is 2.37. The molecule has 96 valence electrons. The fraction of sp³-hybridized carbons (Fsp3) is 0.455. The molecule has 0 aliphatic heterocycles. The van der Waals surface area contributed by atoms with Crippen molar-refractivity contribution in [1.82, 2.24) is 24.5 Å². The Morgan fingerprint density at radius 2 is 2.33 bits per heavy atom. The smallest absolute Gasteiger partial charge is 0.293 e. The Labute approximate surface area is 104 Å². The number of aromatic nitrogens is 4. The average molecular weight is 249 g/mol. The first kappa shape index (κ1) is 12.4. The number of hydrogen-bond acceptors (Lipinski definition) is 5. The summed E-state index contributed by atoms with van der Waals surface area (Å²) in [5.74, 6) is 0.143. The fourth-order valence-electron chi connectivity index (χ4n) is 1.48. The van der Waals surface area contributed by atoms with E-state index >= 15 is 0 Å². The molecule has 1 unspecified atom stereocenters. The summed E-state index contributed by atoms with van der Waals surface area (Å²) < 4.78 is 1.52. The molecule has 0 aliphatic carbocycles. The third-order valence-corrected chi connectivity index (χ3v) is 2.87. The number of hydrogen-bond donors (Lipinski definition) is 1. The lowest BCUT2D eigenvalue weighted by atomic mass is 10.3. The normalized spacial score (nSPS) is 12.7. The van der Waals surface area contributed by atoms with E-state index in [1.54, 1.807) is 26.2 Å². The van der Waals surface area contributed by atoms with Gasteiger partial charge in [0.25, 0.3) is 11.7 Å². The van der Waals surface area contributed by atoms with Gasteiger partial charge >= 0.3 is 0 Å². The number of likely N-dealkylation sites (N-methyl/N-ethyl adjacent to an activating group) is 1. The molecule has 0 aromatic carbocycles. The minimum absolute atomic E-state index is 0.0830. The number of aliphatic hydroxyl groups is 1. The first-order valence-corrected chi connectivity index (χ1v) is 5.61. The second kappa shape index (κ2) is 4.69. The van der Waals surface area contributed by atoms with E-state index in [0.29, 0.717) is 5.78 Å². The Hall–Kier alpha value is -2.02. The van der Waals surface area contributed by atoms with Gasteiger partial charge in [0.1, 0.15) is 0 Å². The summed E-state index contributed by atoms with van der Waals surface area (Å²) in [7, 11) is 1.61. The number of amides is 1. The van der Waals surface area contributed by atoms with Gasteiger partial charge in [-0.1, -0.05) is 0 Å². The average Bonchev–Trinajstić information content (AvgIpc) is 2.81. The Bertz CT molecular complexity index is 580. The van der Waals surface area contributed by atoms with Gasteiger partial charge in [0.05, 0.1) is 12.6 Å². The van der Waals surface area contributed by atoms with Gasteiger partial charge in [0.15, 0.2) is 0 Å². The second-order valence-corrected chi connectivity index (χ2v) is 4.18. The van der Waals surface area contributed by atoms with Crippen LogP contribution in [-0.4, -0.2) is 55.2 Å². The summed E-state index contributed by atoms with van der Waals surface area (Å²) >= 11 is 0. The maximum atomic E-state index is 12.1. The Kier molecular flexibility index (Phi) is 3.24. The van der Waals surface area contributed by atoms with Crippen LogP contribution < -0.4 is 0 Å². The molecule has 0 saturated heterocycles. The van der Waals surface area contributed by atoms with Gasteiger partial charge in [-0.25, -0.2) is 9.50 Å². The van der Waals surface area contributed by atoms with Crippen molar-refractivity contribution in [3.05, 3.63) is 23.8 Å². The van der Waals surface area contributed by atoms with Crippen LogP contribution in [0.25, 0.3) is 5.78 Å². The molecule has 7 nitrogen and oxygen atoms in total. The first-order chi connectivity index (χ1) is 8.54. The highest BCUT2D eigenvalue weighted by Gasteiger charge is 2.21. The van der Waals surface area contributed by atoms with Crippen LogP contribution in [0.15, 0.2) is 12.3 Å². The van der Waals surface area contributed by atoms with Crippen molar-refractivity contribution >= 4 is 11.7 Å². The van der Waals surface area contributed by atoms with Crippen LogP contribution >= 0.6 is 0 Å². The van der Waals surface area contributed by atoms with E-state index in [1.165, 1.54) is 9.42 Å². The zero-order valence-electron chi connectivity index (χ0n) is 10.5. The SMILES string of the molecule is Cc1ccnc2nc(C(=O)N(C)C(C)CO)nn12. The maximum absolute atomic E-state index is 12.1. The number of carbonyl (C=O) groups excluding carboxylic acids is 1. The second-order valence-electron chi connectivity index (χ2n) is 4.18. The van der Waals surface area contributed by atoms with Gasteiger partial charge in [-0.15, -0.1) is 5.10 Å². The number of carbonyl (C=O) groups is 1. The van der Waals surface area contributed by atoms with Crippen molar-refractivity contribution in [3.8, 4) is 0 Å². The predicted molar refractivity (Wildman–Crippen MR) is 64.2 cm³/mol. The molecule has 0 saturated carbocycles. The molecular weight excluding hydrogens is 234 g/mol. The monoisotopic (exact) mass is 249 g/mol. The zero-order valence-corrected chi connectivity index (χ0v) is 10.5. The molecule has 2 aromatic heterocycles. The van der Waals surface area contributed by atoms with Crippen molar-refractivity contribution < 1.29 is 9.90 Å². The molecule has 0 aliphatic rings. The highest BCUT2D eigenvalue weighted by Crippen LogP contribution is 2.05. The van der Waals surface area contributed by atoms with E-state index in [2.05, 4.69) is 15.1 Å². The van der Waals surface area contributed by atoms with Gasteiger partial charge in [0.2, 0.25) is 5.82 Å². The summed E-state index contributed by atoms with van der Waals surface area (Å²) in [5.41, 5.74) is 0.851. The molecular formula is C11H15N5O2. The van der Waals surface area contributed by atoms with Crippen LogP contribution in [0.1, 0.15) is 23.2 Å². The first-order valence-electron chi connectivity index (χ1n) is 5.61. The number of nitrogens with zero attached hydrogens (tertiary/aromatic N) is 5. The third-order valence-electron chi connectivity index (χ3n) is 2.87. The van der Waals surface area contributed by atoms with Crippen molar-refractivity contribution in [2.75, 3.05) is 13.7 Å². The topological polar surface area (TPSA) is 83.6 Å². The van der Waals surface area contributed by atoms with E-state index in [9.17, 15) is 4.79 Å². The highest BCUT2D eigenvalue weighted by atomic mass is 16.3. The molecule has 7 heteroatoms. The van der Waals surface area contributed by atoms with Gasteiger partial charge < -0.3 is 10.0 Å². The molecule has 18 heavy (non-hydrogen) atoms. The van der Waals surface area contributed by atoms with E-state index in [-0.39, 0.29) is 24.4 Å². The predicted octanol–water partition coefficient (Wildman–Crippen LogP) is -0.114. The lowest BCUT2D eigenvalue weighted by Crippen LogP contribution is -2.37. The van der Waals surface area contributed by atoms with Crippen molar-refractivity contribution in [3.63, 3.8) is 0 Å². The van der Waals surface area contributed by atoms with Crippen LogP contribution in [0, 0.1) is 6.92 Å². The van der Waals surface area contributed by atoms with E-state index < -0.39 is 0 Å². The summed E-state index contributed by atoms with van der Waals surface area (Å²) in [4.78, 5) is 21.6. The molecule has 0 radical (unpaired) electrons. The van der Waals surface area contributed by atoms with Gasteiger partial charge in [-0.3, -0.25) is 4.79 Å². The number of fused-ring (bicyclic) bond motifs is 1.